The number of hydrogen-bond donors (Lipinski definition) is 0. The van der Waals surface area contributed by atoms with Gasteiger partial charge in [0.2, 0.25) is 0 Å². The zero-order chi connectivity index (χ0) is 25.2. The molecular formula is C21H32O12. The van der Waals surface area contributed by atoms with Crippen LogP contribution in [0.4, 0.5) is 0 Å². The molecule has 0 rings (SSSR count). The number of esters is 6. The molecule has 0 heterocycles. The van der Waals surface area contributed by atoms with Crippen molar-refractivity contribution < 1.29 is 57.2 Å². The van der Waals surface area contributed by atoms with Crippen molar-refractivity contribution in [2.75, 3.05) is 26.4 Å². The van der Waals surface area contributed by atoms with E-state index in [0.717, 1.165) is 0 Å². The summed E-state index contributed by atoms with van der Waals surface area (Å²) in [4.78, 5) is 69.3. The predicted molar refractivity (Wildman–Crippen MR) is 109 cm³/mol. The monoisotopic (exact) mass is 476 g/mol. The van der Waals surface area contributed by atoms with E-state index in [-0.39, 0.29) is 38.9 Å². The Kier molecular flexibility index (Phi) is 15.7. The third-order valence-corrected chi connectivity index (χ3v) is 3.76. The van der Waals surface area contributed by atoms with E-state index in [9.17, 15) is 28.8 Å². The predicted octanol–water partition coefficient (Wildman–Crippen LogP) is 1.01. The van der Waals surface area contributed by atoms with E-state index in [4.69, 9.17) is 28.4 Å². The second kappa shape index (κ2) is 17.4. The van der Waals surface area contributed by atoms with E-state index >= 15 is 0 Å². The lowest BCUT2D eigenvalue weighted by Gasteiger charge is -2.18. The highest BCUT2D eigenvalue weighted by Crippen LogP contribution is 2.04. The number of ether oxygens (including phenoxy) is 6. The van der Waals surface area contributed by atoms with Crippen molar-refractivity contribution in [2.24, 2.45) is 0 Å². The van der Waals surface area contributed by atoms with Gasteiger partial charge in [-0.15, -0.1) is 0 Å². The maximum atomic E-state index is 11.9. The molecular weight excluding hydrogens is 444 g/mol. The average molecular weight is 476 g/mol. The highest BCUT2D eigenvalue weighted by Gasteiger charge is 2.22. The van der Waals surface area contributed by atoms with Gasteiger partial charge in [-0.3, -0.25) is 28.8 Å². The largest absolute Gasteiger partial charge is 0.462 e. The minimum atomic E-state index is -1.03. The second-order valence-electron chi connectivity index (χ2n) is 6.55. The lowest BCUT2D eigenvalue weighted by atomic mass is 10.3. The molecule has 0 N–H and O–H groups in total. The Balaban J connectivity index is 4.61. The summed E-state index contributed by atoms with van der Waals surface area (Å²) in [6.45, 7) is 4.82. The first-order valence-electron chi connectivity index (χ1n) is 10.7. The molecule has 0 aromatic carbocycles. The topological polar surface area (TPSA) is 158 Å². The van der Waals surface area contributed by atoms with Gasteiger partial charge in [-0.2, -0.15) is 0 Å². The SMILES string of the molecule is CCC(=O)OCC(COC(=O)CC(=O)OCC(COC(=O)CC)OC(=O)CC)OC(=O)CC. The summed E-state index contributed by atoms with van der Waals surface area (Å²) in [5.74, 6) is -4.16. The summed E-state index contributed by atoms with van der Waals surface area (Å²) in [5, 5.41) is 0. The summed E-state index contributed by atoms with van der Waals surface area (Å²) in [6.07, 6.45) is -2.46. The molecule has 0 aliphatic rings. The van der Waals surface area contributed by atoms with Crippen LogP contribution < -0.4 is 0 Å². The normalized spacial score (nSPS) is 12.0. The van der Waals surface area contributed by atoms with E-state index < -0.39 is 67.7 Å². The van der Waals surface area contributed by atoms with Gasteiger partial charge in [0.15, 0.2) is 12.2 Å². The summed E-state index contributed by atoms with van der Waals surface area (Å²) in [5.41, 5.74) is 0. The van der Waals surface area contributed by atoms with E-state index in [1.807, 2.05) is 0 Å². The lowest BCUT2D eigenvalue weighted by Crippen LogP contribution is -2.32. The van der Waals surface area contributed by atoms with Gasteiger partial charge in [-0.05, 0) is 0 Å². The first kappa shape index (κ1) is 29.8. The summed E-state index contributed by atoms with van der Waals surface area (Å²) in [7, 11) is 0. The Morgan fingerprint density at radius 2 is 0.727 bits per heavy atom. The van der Waals surface area contributed by atoms with E-state index in [2.05, 4.69) is 0 Å². The molecule has 2 unspecified atom stereocenters. The summed E-state index contributed by atoms with van der Waals surface area (Å²) < 4.78 is 29.7. The van der Waals surface area contributed by atoms with Crippen molar-refractivity contribution in [1.82, 2.24) is 0 Å². The molecule has 0 fully saturated rings. The minimum Gasteiger partial charge on any atom is -0.462 e. The molecule has 2 atom stereocenters. The van der Waals surface area contributed by atoms with Crippen molar-refractivity contribution in [3.8, 4) is 0 Å². The highest BCUT2D eigenvalue weighted by atomic mass is 16.6. The van der Waals surface area contributed by atoms with Gasteiger partial charge in [0.25, 0.3) is 0 Å². The first-order valence-corrected chi connectivity index (χ1v) is 10.7. The van der Waals surface area contributed by atoms with Gasteiger partial charge < -0.3 is 28.4 Å². The number of carbonyl (C=O) groups excluding carboxylic acids is 6. The highest BCUT2D eigenvalue weighted by molar-refractivity contribution is 5.91. The van der Waals surface area contributed by atoms with Crippen LogP contribution in [-0.2, 0) is 57.2 Å². The van der Waals surface area contributed by atoms with Crippen molar-refractivity contribution in [2.45, 2.75) is 72.0 Å². The van der Waals surface area contributed by atoms with Crippen LogP contribution in [0.25, 0.3) is 0 Å². The van der Waals surface area contributed by atoms with Crippen LogP contribution in [0.5, 0.6) is 0 Å². The summed E-state index contributed by atoms with van der Waals surface area (Å²) in [6, 6.07) is 0. The minimum absolute atomic E-state index is 0.0653. The smallest absolute Gasteiger partial charge is 0.317 e. The second-order valence-corrected chi connectivity index (χ2v) is 6.55. The fourth-order valence-corrected chi connectivity index (χ4v) is 1.94. The molecule has 33 heavy (non-hydrogen) atoms. The van der Waals surface area contributed by atoms with Gasteiger partial charge in [-0.1, -0.05) is 27.7 Å². The molecule has 0 radical (unpaired) electrons. The molecule has 0 amide bonds. The zero-order valence-corrected chi connectivity index (χ0v) is 19.4. The van der Waals surface area contributed by atoms with Gasteiger partial charge in [0.05, 0.1) is 0 Å². The van der Waals surface area contributed by atoms with E-state index in [1.165, 1.54) is 0 Å². The zero-order valence-electron chi connectivity index (χ0n) is 19.4. The maximum absolute atomic E-state index is 11.9. The van der Waals surface area contributed by atoms with Crippen LogP contribution in [0.1, 0.15) is 59.8 Å². The first-order chi connectivity index (χ1) is 15.6. The van der Waals surface area contributed by atoms with Crippen molar-refractivity contribution in [1.29, 1.82) is 0 Å². The molecule has 0 aromatic heterocycles. The van der Waals surface area contributed by atoms with Crippen molar-refractivity contribution in [3.05, 3.63) is 0 Å². The fourth-order valence-electron chi connectivity index (χ4n) is 1.94. The third-order valence-electron chi connectivity index (χ3n) is 3.76. The Labute approximate surface area is 192 Å². The number of hydrogen-bond acceptors (Lipinski definition) is 12. The summed E-state index contributed by atoms with van der Waals surface area (Å²) >= 11 is 0. The van der Waals surface area contributed by atoms with Crippen molar-refractivity contribution >= 4 is 35.8 Å². The van der Waals surface area contributed by atoms with Gasteiger partial charge in [0.1, 0.15) is 32.8 Å². The van der Waals surface area contributed by atoms with Crippen LogP contribution in [0.15, 0.2) is 0 Å². The van der Waals surface area contributed by atoms with Crippen molar-refractivity contribution in [3.63, 3.8) is 0 Å². The molecule has 0 aromatic rings. The molecule has 0 aliphatic heterocycles. The fraction of sp³-hybridized carbons (Fsp3) is 0.714. The molecule has 12 heteroatoms. The molecule has 188 valence electrons. The van der Waals surface area contributed by atoms with Crippen LogP contribution in [-0.4, -0.2) is 74.5 Å². The molecule has 0 aliphatic carbocycles. The third kappa shape index (κ3) is 15.3. The van der Waals surface area contributed by atoms with E-state index in [1.54, 1.807) is 27.7 Å². The van der Waals surface area contributed by atoms with Gasteiger partial charge in [-0.25, -0.2) is 0 Å². The van der Waals surface area contributed by atoms with Crippen LogP contribution in [0.2, 0.25) is 0 Å². The molecule has 0 spiro atoms. The molecule has 0 saturated heterocycles. The Hall–Kier alpha value is -3.18. The Morgan fingerprint density at radius 1 is 0.455 bits per heavy atom. The van der Waals surface area contributed by atoms with Crippen LogP contribution in [0, 0.1) is 0 Å². The molecule has 0 saturated carbocycles. The Morgan fingerprint density at radius 3 is 1.00 bits per heavy atom. The van der Waals surface area contributed by atoms with Crippen LogP contribution >= 0.6 is 0 Å². The number of carbonyl (C=O) groups is 6. The Bertz CT molecular complexity index is 616. The number of rotatable bonds is 16. The lowest BCUT2D eigenvalue weighted by molar-refractivity contribution is -0.170. The van der Waals surface area contributed by atoms with E-state index in [0.29, 0.717) is 0 Å². The quantitative estimate of drug-likeness (QED) is 0.177. The average Bonchev–Trinajstić information content (AvgIpc) is 2.81. The standard InChI is InChI=1S/C21H32O12/c1-5-16(22)28-10-14(32-18(24)7-3)12-30-20(26)9-21(27)31-13-15(33-19(25)8-4)11-29-17(23)6-2/h14-15H,5-13H2,1-4H3. The van der Waals surface area contributed by atoms with Crippen LogP contribution in [0.3, 0.4) is 0 Å². The maximum Gasteiger partial charge on any atom is 0.317 e. The van der Waals surface area contributed by atoms with Gasteiger partial charge in [0, 0.05) is 25.7 Å². The molecule has 0 bridgehead atoms. The molecule has 12 nitrogen and oxygen atoms in total. The van der Waals surface area contributed by atoms with Gasteiger partial charge >= 0.3 is 35.8 Å².